The molecule has 110 valence electrons. The van der Waals surface area contributed by atoms with Crippen LogP contribution in [0.5, 0.6) is 0 Å². The summed E-state index contributed by atoms with van der Waals surface area (Å²) in [4.78, 5) is 12.5. The van der Waals surface area contributed by atoms with Crippen LogP contribution in [0.25, 0.3) is 0 Å². The van der Waals surface area contributed by atoms with Crippen LogP contribution < -0.4 is 0 Å². The smallest absolute Gasteiger partial charge is 0.393 e. The molecule has 1 fully saturated rings. The molecule has 0 spiro atoms. The van der Waals surface area contributed by atoms with Crippen molar-refractivity contribution in [1.29, 1.82) is 0 Å². The van der Waals surface area contributed by atoms with Crippen molar-refractivity contribution in [2.75, 3.05) is 13.1 Å². The zero-order chi connectivity index (χ0) is 14.8. The van der Waals surface area contributed by atoms with Crippen LogP contribution in [0, 0.1) is 5.92 Å². The summed E-state index contributed by atoms with van der Waals surface area (Å²) in [6.07, 6.45) is -3.40. The summed E-state index contributed by atoms with van der Waals surface area (Å²) in [5.41, 5.74) is 1.01. The highest BCUT2D eigenvalue weighted by molar-refractivity contribution is 5.87. The SMILES string of the molecule is O=C(O)c1ccc(CN2CCC[C@H](C(F)(F)F)C2)cc1. The van der Waals surface area contributed by atoms with E-state index in [0.717, 1.165) is 5.56 Å². The average Bonchev–Trinajstić information content (AvgIpc) is 2.38. The van der Waals surface area contributed by atoms with Crippen LogP contribution in [-0.2, 0) is 6.54 Å². The van der Waals surface area contributed by atoms with Crippen molar-refractivity contribution >= 4 is 5.97 Å². The van der Waals surface area contributed by atoms with Gasteiger partial charge in [-0.15, -0.1) is 0 Å². The molecule has 20 heavy (non-hydrogen) atoms. The van der Waals surface area contributed by atoms with Gasteiger partial charge >= 0.3 is 12.1 Å². The third-order valence-electron chi connectivity index (χ3n) is 3.58. The van der Waals surface area contributed by atoms with Gasteiger partial charge in [0.25, 0.3) is 0 Å². The lowest BCUT2D eigenvalue weighted by Gasteiger charge is -2.33. The molecule has 0 radical (unpaired) electrons. The Balaban J connectivity index is 1.97. The maximum Gasteiger partial charge on any atom is 0.393 e. The van der Waals surface area contributed by atoms with Crippen LogP contribution in [-0.4, -0.2) is 35.2 Å². The summed E-state index contributed by atoms with van der Waals surface area (Å²) in [7, 11) is 0. The first-order valence-corrected chi connectivity index (χ1v) is 6.47. The Morgan fingerprint density at radius 2 is 1.95 bits per heavy atom. The third-order valence-corrected chi connectivity index (χ3v) is 3.58. The second-order valence-corrected chi connectivity index (χ2v) is 5.12. The number of hydrogen-bond acceptors (Lipinski definition) is 2. The lowest BCUT2D eigenvalue weighted by Crippen LogP contribution is -2.41. The average molecular weight is 287 g/mol. The first kappa shape index (κ1) is 14.8. The largest absolute Gasteiger partial charge is 0.478 e. The van der Waals surface area contributed by atoms with E-state index in [4.69, 9.17) is 5.11 Å². The van der Waals surface area contributed by atoms with E-state index in [2.05, 4.69) is 0 Å². The van der Waals surface area contributed by atoms with E-state index in [-0.39, 0.29) is 18.5 Å². The highest BCUT2D eigenvalue weighted by atomic mass is 19.4. The quantitative estimate of drug-likeness (QED) is 0.928. The number of carbonyl (C=O) groups is 1. The van der Waals surface area contributed by atoms with Gasteiger partial charge in [0.15, 0.2) is 0 Å². The van der Waals surface area contributed by atoms with Gasteiger partial charge in [-0.25, -0.2) is 4.79 Å². The van der Waals surface area contributed by atoms with Gasteiger partial charge in [0.1, 0.15) is 0 Å². The van der Waals surface area contributed by atoms with E-state index in [1.165, 1.54) is 12.1 Å². The van der Waals surface area contributed by atoms with Gasteiger partial charge in [-0.3, -0.25) is 4.90 Å². The number of alkyl halides is 3. The molecule has 1 aromatic carbocycles. The van der Waals surface area contributed by atoms with Gasteiger partial charge in [0.2, 0.25) is 0 Å². The predicted molar refractivity (Wildman–Crippen MR) is 67.5 cm³/mol. The van der Waals surface area contributed by atoms with E-state index >= 15 is 0 Å². The van der Waals surface area contributed by atoms with Crippen molar-refractivity contribution in [3.63, 3.8) is 0 Å². The van der Waals surface area contributed by atoms with E-state index in [1.807, 2.05) is 0 Å². The third kappa shape index (κ3) is 3.72. The van der Waals surface area contributed by atoms with Gasteiger partial charge in [0.05, 0.1) is 11.5 Å². The Kier molecular flexibility index (Phi) is 4.32. The Morgan fingerprint density at radius 3 is 2.50 bits per heavy atom. The molecule has 1 N–H and O–H groups in total. The molecule has 0 amide bonds. The van der Waals surface area contributed by atoms with Crippen molar-refractivity contribution in [3.05, 3.63) is 35.4 Å². The van der Waals surface area contributed by atoms with Crippen LogP contribution in [0.4, 0.5) is 13.2 Å². The molecule has 1 saturated heterocycles. The molecule has 0 saturated carbocycles. The topological polar surface area (TPSA) is 40.5 Å². The molecule has 1 heterocycles. The minimum Gasteiger partial charge on any atom is -0.478 e. The molecule has 0 aromatic heterocycles. The molecule has 0 bridgehead atoms. The van der Waals surface area contributed by atoms with Gasteiger partial charge in [-0.05, 0) is 37.1 Å². The number of likely N-dealkylation sites (tertiary alicyclic amines) is 1. The maximum atomic E-state index is 12.7. The highest BCUT2D eigenvalue weighted by Crippen LogP contribution is 2.33. The molecule has 0 aliphatic carbocycles. The Labute approximate surface area is 115 Å². The fourth-order valence-electron chi connectivity index (χ4n) is 2.48. The number of halogens is 3. The van der Waals surface area contributed by atoms with Crippen molar-refractivity contribution in [2.24, 2.45) is 5.92 Å². The number of rotatable bonds is 3. The molecule has 0 unspecified atom stereocenters. The minimum atomic E-state index is -4.13. The normalized spacial score (nSPS) is 20.9. The first-order chi connectivity index (χ1) is 9.36. The van der Waals surface area contributed by atoms with Gasteiger partial charge in [0, 0.05) is 13.1 Å². The molecule has 1 aromatic rings. The van der Waals surface area contributed by atoms with Gasteiger partial charge in [-0.2, -0.15) is 13.2 Å². The fraction of sp³-hybridized carbons (Fsp3) is 0.500. The minimum absolute atomic E-state index is 0.0180. The Hall–Kier alpha value is -1.56. The molecule has 6 heteroatoms. The summed E-state index contributed by atoms with van der Waals surface area (Å²) < 4.78 is 38.1. The molecule has 2 rings (SSSR count). The number of nitrogens with zero attached hydrogens (tertiary/aromatic N) is 1. The molecular weight excluding hydrogens is 271 g/mol. The molecule has 1 aliphatic heterocycles. The molecule has 3 nitrogen and oxygen atoms in total. The highest BCUT2D eigenvalue weighted by Gasteiger charge is 2.41. The van der Waals surface area contributed by atoms with Gasteiger partial charge in [-0.1, -0.05) is 12.1 Å². The van der Waals surface area contributed by atoms with E-state index in [1.54, 1.807) is 17.0 Å². The number of carboxylic acid groups (broad SMARTS) is 1. The second kappa shape index (κ2) is 5.83. The van der Waals surface area contributed by atoms with Crippen LogP contribution in [0.3, 0.4) is 0 Å². The van der Waals surface area contributed by atoms with Crippen LogP contribution in [0.1, 0.15) is 28.8 Å². The standard InChI is InChI=1S/C14H16F3NO2/c15-14(16,17)12-2-1-7-18(9-12)8-10-3-5-11(6-4-10)13(19)20/h3-6,12H,1-2,7-9H2,(H,19,20)/t12-/m0/s1. The summed E-state index contributed by atoms with van der Waals surface area (Å²) in [6.45, 7) is 1.09. The summed E-state index contributed by atoms with van der Waals surface area (Å²) >= 11 is 0. The molecule has 1 aliphatic rings. The van der Waals surface area contributed by atoms with Gasteiger partial charge < -0.3 is 5.11 Å². The zero-order valence-corrected chi connectivity index (χ0v) is 10.9. The number of benzene rings is 1. The summed E-state index contributed by atoms with van der Waals surface area (Å²) in [6, 6.07) is 6.26. The van der Waals surface area contributed by atoms with E-state index in [0.29, 0.717) is 19.5 Å². The van der Waals surface area contributed by atoms with Crippen LogP contribution in [0.2, 0.25) is 0 Å². The predicted octanol–water partition coefficient (Wildman–Crippen LogP) is 3.16. The summed E-state index contributed by atoms with van der Waals surface area (Å²) in [5, 5.41) is 8.79. The first-order valence-electron chi connectivity index (χ1n) is 6.47. The van der Waals surface area contributed by atoms with Crippen LogP contribution in [0.15, 0.2) is 24.3 Å². The molecular formula is C14H16F3NO2. The summed E-state index contributed by atoms with van der Waals surface area (Å²) in [5.74, 6) is -2.26. The van der Waals surface area contributed by atoms with Crippen molar-refractivity contribution < 1.29 is 23.1 Å². The lowest BCUT2D eigenvalue weighted by atomic mass is 9.97. The Morgan fingerprint density at radius 1 is 1.30 bits per heavy atom. The second-order valence-electron chi connectivity index (χ2n) is 5.12. The van der Waals surface area contributed by atoms with Crippen LogP contribution >= 0.6 is 0 Å². The number of hydrogen-bond donors (Lipinski definition) is 1. The van der Waals surface area contributed by atoms with Crippen molar-refractivity contribution in [1.82, 2.24) is 4.90 Å². The molecule has 1 atom stereocenters. The van der Waals surface area contributed by atoms with E-state index in [9.17, 15) is 18.0 Å². The number of aromatic carboxylic acids is 1. The van der Waals surface area contributed by atoms with Crippen molar-refractivity contribution in [2.45, 2.75) is 25.6 Å². The number of carboxylic acids is 1. The van der Waals surface area contributed by atoms with Crippen molar-refractivity contribution in [3.8, 4) is 0 Å². The monoisotopic (exact) mass is 287 g/mol. The number of piperidine rings is 1. The fourth-order valence-corrected chi connectivity index (χ4v) is 2.48. The lowest BCUT2D eigenvalue weighted by molar-refractivity contribution is -0.187. The van der Waals surface area contributed by atoms with E-state index < -0.39 is 18.1 Å². The Bertz CT molecular complexity index is 470. The maximum absolute atomic E-state index is 12.7. The zero-order valence-electron chi connectivity index (χ0n) is 10.9.